The molecule has 0 spiro atoms. The Morgan fingerprint density at radius 2 is 1.97 bits per heavy atom. The van der Waals surface area contributed by atoms with E-state index in [9.17, 15) is 14.4 Å². The van der Waals surface area contributed by atoms with Gasteiger partial charge in [-0.25, -0.2) is 4.79 Å². The number of furan rings is 1. The fourth-order valence-corrected chi connectivity index (χ4v) is 4.48. The number of nitrogens with zero attached hydrogens (tertiary/aromatic N) is 1. The number of nitrogens with one attached hydrogen (secondary N) is 1. The molecule has 30 heavy (non-hydrogen) atoms. The fraction of sp³-hybridized carbons (Fsp3) is 0.476. The van der Waals surface area contributed by atoms with Crippen LogP contribution in [0.5, 0.6) is 0 Å². The molecule has 0 radical (unpaired) electrons. The zero-order chi connectivity index (χ0) is 21.7. The van der Waals surface area contributed by atoms with E-state index in [2.05, 4.69) is 10.2 Å². The first-order valence-corrected chi connectivity index (χ1v) is 10.9. The predicted molar refractivity (Wildman–Crippen MR) is 114 cm³/mol. The van der Waals surface area contributed by atoms with Gasteiger partial charge in [-0.1, -0.05) is 13.3 Å². The van der Waals surface area contributed by atoms with Crippen LogP contribution < -0.4 is 11.1 Å². The Hall–Kier alpha value is -2.65. The zero-order valence-electron chi connectivity index (χ0n) is 17.3. The van der Waals surface area contributed by atoms with Crippen LogP contribution in [0.25, 0.3) is 0 Å². The number of carbonyl (C=O) groups is 3. The van der Waals surface area contributed by atoms with E-state index in [0.29, 0.717) is 24.3 Å². The van der Waals surface area contributed by atoms with Gasteiger partial charge in [0.15, 0.2) is 5.76 Å². The van der Waals surface area contributed by atoms with Crippen LogP contribution in [0, 0.1) is 6.92 Å². The van der Waals surface area contributed by atoms with E-state index in [0.717, 1.165) is 24.4 Å². The van der Waals surface area contributed by atoms with Crippen molar-refractivity contribution < 1.29 is 23.5 Å². The summed E-state index contributed by atoms with van der Waals surface area (Å²) in [6.45, 7) is 6.44. The van der Waals surface area contributed by atoms with E-state index in [1.807, 2.05) is 6.92 Å². The lowest BCUT2D eigenvalue weighted by molar-refractivity contribution is 0.0506. The summed E-state index contributed by atoms with van der Waals surface area (Å²) in [4.78, 5) is 39.4. The number of ether oxygens (including phenoxy) is 1. The molecule has 0 aromatic carbocycles. The lowest BCUT2D eigenvalue weighted by atomic mass is 10.1. The summed E-state index contributed by atoms with van der Waals surface area (Å²) in [6.07, 6.45) is 4.25. The van der Waals surface area contributed by atoms with Gasteiger partial charge in [-0.3, -0.25) is 14.5 Å². The zero-order valence-corrected chi connectivity index (χ0v) is 18.1. The Labute approximate surface area is 179 Å². The Morgan fingerprint density at radius 3 is 2.63 bits per heavy atom. The molecule has 2 aromatic rings. The highest BCUT2D eigenvalue weighted by molar-refractivity contribution is 7.18. The second-order valence-corrected chi connectivity index (χ2v) is 8.34. The van der Waals surface area contributed by atoms with E-state index in [1.165, 1.54) is 19.3 Å². The number of anilines is 1. The SMILES string of the molecule is CCCOC(=O)c1c(NC(=O)c2ccc(CN3CCCCC3)o2)sc(C(N)=O)c1C. The van der Waals surface area contributed by atoms with Crippen LogP contribution in [0.2, 0.25) is 0 Å². The lowest BCUT2D eigenvalue weighted by Gasteiger charge is -2.25. The van der Waals surface area contributed by atoms with E-state index in [1.54, 1.807) is 19.1 Å². The number of piperidine rings is 1. The molecular formula is C21H27N3O5S. The van der Waals surface area contributed by atoms with Crippen molar-refractivity contribution in [1.82, 2.24) is 4.90 Å². The van der Waals surface area contributed by atoms with Gasteiger partial charge in [0.25, 0.3) is 11.8 Å². The van der Waals surface area contributed by atoms with E-state index >= 15 is 0 Å². The highest BCUT2D eigenvalue weighted by Crippen LogP contribution is 2.34. The van der Waals surface area contributed by atoms with Crippen molar-refractivity contribution in [3.8, 4) is 0 Å². The third kappa shape index (κ3) is 5.09. The molecule has 3 N–H and O–H groups in total. The maximum Gasteiger partial charge on any atom is 0.341 e. The maximum absolute atomic E-state index is 12.7. The number of hydrogen-bond donors (Lipinski definition) is 2. The lowest BCUT2D eigenvalue weighted by Crippen LogP contribution is -2.28. The largest absolute Gasteiger partial charge is 0.462 e. The van der Waals surface area contributed by atoms with Gasteiger partial charge in [0.05, 0.1) is 23.6 Å². The number of likely N-dealkylation sites (tertiary alicyclic amines) is 1. The predicted octanol–water partition coefficient (Wildman–Crippen LogP) is 3.55. The highest BCUT2D eigenvalue weighted by atomic mass is 32.1. The summed E-state index contributed by atoms with van der Waals surface area (Å²) in [6, 6.07) is 3.40. The van der Waals surface area contributed by atoms with Crippen LogP contribution in [-0.2, 0) is 11.3 Å². The Morgan fingerprint density at radius 1 is 1.23 bits per heavy atom. The van der Waals surface area contributed by atoms with Crippen molar-refractivity contribution in [1.29, 1.82) is 0 Å². The molecule has 0 aliphatic carbocycles. The smallest absolute Gasteiger partial charge is 0.341 e. The van der Waals surface area contributed by atoms with Crippen LogP contribution >= 0.6 is 11.3 Å². The van der Waals surface area contributed by atoms with Gasteiger partial charge < -0.3 is 20.2 Å². The van der Waals surface area contributed by atoms with Crippen LogP contribution in [0.15, 0.2) is 16.5 Å². The molecule has 3 rings (SSSR count). The molecular weight excluding hydrogens is 406 g/mol. The number of nitrogens with two attached hydrogens (primary N) is 1. The Balaban J connectivity index is 1.76. The summed E-state index contributed by atoms with van der Waals surface area (Å²) in [5.41, 5.74) is 5.96. The molecule has 3 heterocycles. The number of esters is 1. The molecule has 8 nitrogen and oxygen atoms in total. The Bertz CT molecular complexity index is 927. The monoisotopic (exact) mass is 433 g/mol. The Kier molecular flexibility index (Phi) is 7.28. The topological polar surface area (TPSA) is 115 Å². The molecule has 1 fully saturated rings. The number of hydrogen-bond acceptors (Lipinski definition) is 7. The van der Waals surface area contributed by atoms with Gasteiger partial charge in [-0.2, -0.15) is 0 Å². The van der Waals surface area contributed by atoms with Gasteiger partial charge in [-0.05, 0) is 57.0 Å². The van der Waals surface area contributed by atoms with E-state index in [4.69, 9.17) is 14.9 Å². The molecule has 0 saturated carbocycles. The van der Waals surface area contributed by atoms with Gasteiger partial charge in [0.1, 0.15) is 10.8 Å². The minimum atomic E-state index is -0.663. The van der Waals surface area contributed by atoms with E-state index < -0.39 is 17.8 Å². The fourth-order valence-electron chi connectivity index (χ4n) is 3.44. The third-order valence-corrected chi connectivity index (χ3v) is 6.17. The average Bonchev–Trinajstić information content (AvgIpc) is 3.31. The van der Waals surface area contributed by atoms with E-state index in [-0.39, 0.29) is 27.8 Å². The summed E-state index contributed by atoms with van der Waals surface area (Å²) >= 11 is 0.957. The minimum Gasteiger partial charge on any atom is -0.462 e. The maximum atomic E-state index is 12.7. The van der Waals surface area contributed by atoms with Gasteiger partial charge >= 0.3 is 5.97 Å². The first-order chi connectivity index (χ1) is 14.4. The van der Waals surface area contributed by atoms with Crippen molar-refractivity contribution >= 4 is 34.1 Å². The first kappa shape index (κ1) is 22.0. The van der Waals surface area contributed by atoms with Crippen LogP contribution in [0.4, 0.5) is 5.00 Å². The molecule has 0 bridgehead atoms. The molecule has 2 aromatic heterocycles. The van der Waals surface area contributed by atoms with Gasteiger partial charge in [0, 0.05) is 0 Å². The summed E-state index contributed by atoms with van der Waals surface area (Å²) in [7, 11) is 0. The molecule has 1 aliphatic rings. The van der Waals surface area contributed by atoms with Crippen molar-refractivity contribution in [2.24, 2.45) is 5.73 Å². The summed E-state index contributed by atoms with van der Waals surface area (Å²) in [5.74, 6) is -0.906. The number of carbonyl (C=O) groups excluding carboxylic acids is 3. The first-order valence-electron chi connectivity index (χ1n) is 10.1. The van der Waals surface area contributed by atoms with Crippen LogP contribution in [0.1, 0.15) is 74.5 Å². The highest BCUT2D eigenvalue weighted by Gasteiger charge is 2.26. The molecule has 2 amide bonds. The van der Waals surface area contributed by atoms with Crippen molar-refractivity contribution in [3.05, 3.63) is 39.7 Å². The number of amides is 2. The molecule has 1 saturated heterocycles. The molecule has 9 heteroatoms. The molecule has 162 valence electrons. The molecule has 0 atom stereocenters. The van der Waals surface area contributed by atoms with Crippen molar-refractivity contribution in [2.45, 2.75) is 46.1 Å². The molecule has 0 unspecified atom stereocenters. The van der Waals surface area contributed by atoms with Crippen LogP contribution in [0.3, 0.4) is 0 Å². The van der Waals surface area contributed by atoms with Crippen molar-refractivity contribution in [2.75, 3.05) is 25.0 Å². The normalized spacial score (nSPS) is 14.5. The number of primary amides is 1. The number of thiophene rings is 1. The third-order valence-electron chi connectivity index (χ3n) is 4.95. The summed E-state index contributed by atoms with van der Waals surface area (Å²) in [5, 5.41) is 2.90. The second kappa shape index (κ2) is 9.90. The second-order valence-electron chi connectivity index (χ2n) is 7.32. The minimum absolute atomic E-state index is 0.140. The van der Waals surface area contributed by atoms with Crippen molar-refractivity contribution in [3.63, 3.8) is 0 Å². The summed E-state index contributed by atoms with van der Waals surface area (Å²) < 4.78 is 10.9. The van der Waals surface area contributed by atoms with Gasteiger partial charge in [0.2, 0.25) is 0 Å². The number of rotatable bonds is 8. The molecule has 1 aliphatic heterocycles. The van der Waals surface area contributed by atoms with Gasteiger partial charge in [-0.15, -0.1) is 11.3 Å². The quantitative estimate of drug-likeness (QED) is 0.615. The average molecular weight is 434 g/mol. The standard InChI is InChI=1S/C21H27N3O5S/c1-3-11-28-21(27)16-13(2)17(18(22)25)30-20(16)23-19(26)15-8-7-14(29-15)12-24-9-5-4-6-10-24/h7-8H,3-6,9-12H2,1-2H3,(H2,22,25)(H,23,26). The van der Waals surface area contributed by atoms with Crippen LogP contribution in [-0.4, -0.2) is 42.4 Å².